The minimum atomic E-state index is 0.0855. The number of halogens is 1. The van der Waals surface area contributed by atoms with Gasteiger partial charge in [-0.25, -0.2) is 0 Å². The molecular formula is C11H22BrNO2. The predicted octanol–water partition coefficient (Wildman–Crippen LogP) is 2.44. The maximum Gasteiger partial charge on any atom is 0.248 e. The van der Waals surface area contributed by atoms with Gasteiger partial charge in [-0.1, -0.05) is 29.3 Å². The fourth-order valence-electron chi connectivity index (χ4n) is 1.16. The molecule has 15 heavy (non-hydrogen) atoms. The van der Waals surface area contributed by atoms with Crippen molar-refractivity contribution < 1.29 is 9.53 Å². The van der Waals surface area contributed by atoms with E-state index in [-0.39, 0.29) is 12.5 Å². The average molecular weight is 280 g/mol. The SMILES string of the molecule is CCCOCC(=O)N(C)CCCCCBr. The molecule has 0 aliphatic rings. The Morgan fingerprint density at radius 3 is 2.67 bits per heavy atom. The first kappa shape index (κ1) is 14.9. The van der Waals surface area contributed by atoms with Gasteiger partial charge in [0.15, 0.2) is 0 Å². The van der Waals surface area contributed by atoms with Crippen LogP contribution in [-0.2, 0) is 9.53 Å². The number of ether oxygens (including phenoxy) is 1. The number of likely N-dealkylation sites (N-methyl/N-ethyl adjacent to an activating group) is 1. The second kappa shape index (κ2) is 10.4. The van der Waals surface area contributed by atoms with E-state index in [0.29, 0.717) is 6.61 Å². The van der Waals surface area contributed by atoms with E-state index < -0.39 is 0 Å². The van der Waals surface area contributed by atoms with Gasteiger partial charge in [0.1, 0.15) is 6.61 Å². The number of amides is 1. The topological polar surface area (TPSA) is 29.5 Å². The molecule has 0 saturated heterocycles. The maximum atomic E-state index is 11.5. The minimum absolute atomic E-state index is 0.0855. The Morgan fingerprint density at radius 1 is 1.33 bits per heavy atom. The van der Waals surface area contributed by atoms with Gasteiger partial charge < -0.3 is 9.64 Å². The highest BCUT2D eigenvalue weighted by molar-refractivity contribution is 9.09. The van der Waals surface area contributed by atoms with Crippen LogP contribution in [-0.4, -0.2) is 42.9 Å². The first-order chi connectivity index (χ1) is 7.22. The van der Waals surface area contributed by atoms with E-state index in [1.807, 2.05) is 14.0 Å². The van der Waals surface area contributed by atoms with Gasteiger partial charge in [-0.3, -0.25) is 4.79 Å². The van der Waals surface area contributed by atoms with E-state index in [1.165, 1.54) is 12.8 Å². The van der Waals surface area contributed by atoms with Gasteiger partial charge in [0.2, 0.25) is 5.91 Å². The second-order valence-corrected chi connectivity index (χ2v) is 4.41. The molecule has 0 fully saturated rings. The Bertz CT molecular complexity index is 165. The van der Waals surface area contributed by atoms with Gasteiger partial charge in [-0.05, 0) is 19.3 Å². The molecule has 1 amide bonds. The quantitative estimate of drug-likeness (QED) is 0.479. The molecule has 0 heterocycles. The van der Waals surface area contributed by atoms with Gasteiger partial charge in [0.05, 0.1) is 0 Å². The molecule has 0 unspecified atom stereocenters. The zero-order chi connectivity index (χ0) is 11.5. The van der Waals surface area contributed by atoms with Gasteiger partial charge >= 0.3 is 0 Å². The van der Waals surface area contributed by atoms with Crippen LogP contribution in [0, 0.1) is 0 Å². The number of carbonyl (C=O) groups is 1. The second-order valence-electron chi connectivity index (χ2n) is 3.62. The minimum Gasteiger partial charge on any atom is -0.372 e. The highest BCUT2D eigenvalue weighted by Gasteiger charge is 2.07. The standard InChI is InChI=1S/C11H22BrNO2/c1-3-9-15-10-11(14)13(2)8-6-4-5-7-12/h3-10H2,1-2H3. The van der Waals surface area contributed by atoms with E-state index in [4.69, 9.17) is 4.74 Å². The number of rotatable bonds is 9. The highest BCUT2D eigenvalue weighted by Crippen LogP contribution is 2.00. The third-order valence-corrected chi connectivity index (χ3v) is 2.69. The normalized spacial score (nSPS) is 10.3. The summed E-state index contributed by atoms with van der Waals surface area (Å²) < 4.78 is 5.19. The van der Waals surface area contributed by atoms with Crippen LogP contribution in [0.15, 0.2) is 0 Å². The average Bonchev–Trinajstić information content (AvgIpc) is 2.24. The number of carbonyl (C=O) groups excluding carboxylic acids is 1. The molecule has 0 atom stereocenters. The number of nitrogens with zero attached hydrogens (tertiary/aromatic N) is 1. The molecule has 0 aliphatic carbocycles. The Labute approximate surface area is 101 Å². The van der Waals surface area contributed by atoms with E-state index >= 15 is 0 Å². The predicted molar refractivity (Wildman–Crippen MR) is 66.4 cm³/mol. The van der Waals surface area contributed by atoms with Gasteiger partial charge in [-0.15, -0.1) is 0 Å². The largest absolute Gasteiger partial charge is 0.372 e. The van der Waals surface area contributed by atoms with Crippen LogP contribution in [0.3, 0.4) is 0 Å². The lowest BCUT2D eigenvalue weighted by Crippen LogP contribution is -2.31. The summed E-state index contributed by atoms with van der Waals surface area (Å²) in [5.41, 5.74) is 0. The molecule has 0 rings (SSSR count). The fourth-order valence-corrected chi connectivity index (χ4v) is 1.56. The van der Waals surface area contributed by atoms with Gasteiger partial charge in [0, 0.05) is 25.5 Å². The summed E-state index contributed by atoms with van der Waals surface area (Å²) in [6, 6.07) is 0. The Morgan fingerprint density at radius 2 is 2.07 bits per heavy atom. The molecule has 90 valence electrons. The third-order valence-electron chi connectivity index (χ3n) is 2.13. The van der Waals surface area contributed by atoms with Crippen LogP contribution in [0.5, 0.6) is 0 Å². The Hall–Kier alpha value is -0.0900. The zero-order valence-corrected chi connectivity index (χ0v) is 11.4. The summed E-state index contributed by atoms with van der Waals surface area (Å²) in [5, 5.41) is 1.05. The van der Waals surface area contributed by atoms with Crippen molar-refractivity contribution in [2.24, 2.45) is 0 Å². The van der Waals surface area contributed by atoms with Gasteiger partial charge in [0.25, 0.3) is 0 Å². The summed E-state index contributed by atoms with van der Waals surface area (Å²) in [6.07, 6.45) is 4.37. The Balaban J connectivity index is 3.42. The van der Waals surface area contributed by atoms with Gasteiger partial charge in [-0.2, -0.15) is 0 Å². The van der Waals surface area contributed by atoms with Crippen LogP contribution >= 0.6 is 15.9 Å². The van der Waals surface area contributed by atoms with Crippen molar-refractivity contribution in [2.45, 2.75) is 32.6 Å². The van der Waals surface area contributed by atoms with Crippen molar-refractivity contribution in [3.05, 3.63) is 0 Å². The molecule has 0 spiro atoms. The Kier molecular flexibility index (Phi) is 10.4. The number of hydrogen-bond donors (Lipinski definition) is 0. The molecule has 0 aliphatic heterocycles. The molecule has 0 aromatic carbocycles. The fraction of sp³-hybridized carbons (Fsp3) is 0.909. The van der Waals surface area contributed by atoms with Crippen molar-refractivity contribution in [3.63, 3.8) is 0 Å². The van der Waals surface area contributed by atoms with Crippen LogP contribution in [0.2, 0.25) is 0 Å². The van der Waals surface area contributed by atoms with Crippen molar-refractivity contribution in [3.8, 4) is 0 Å². The van der Waals surface area contributed by atoms with Crippen LogP contribution in [0.4, 0.5) is 0 Å². The smallest absolute Gasteiger partial charge is 0.248 e. The third kappa shape index (κ3) is 8.88. The van der Waals surface area contributed by atoms with Crippen LogP contribution in [0.25, 0.3) is 0 Å². The van der Waals surface area contributed by atoms with E-state index in [2.05, 4.69) is 15.9 Å². The van der Waals surface area contributed by atoms with E-state index in [0.717, 1.165) is 24.7 Å². The van der Waals surface area contributed by atoms with E-state index in [9.17, 15) is 4.79 Å². The lowest BCUT2D eigenvalue weighted by Gasteiger charge is -2.16. The zero-order valence-electron chi connectivity index (χ0n) is 9.80. The summed E-state index contributed by atoms with van der Waals surface area (Å²) in [4.78, 5) is 13.2. The highest BCUT2D eigenvalue weighted by atomic mass is 79.9. The van der Waals surface area contributed by atoms with Crippen molar-refractivity contribution in [1.29, 1.82) is 0 Å². The molecule has 0 aromatic heterocycles. The summed E-state index contributed by atoms with van der Waals surface area (Å²) in [7, 11) is 1.84. The first-order valence-corrected chi connectivity index (χ1v) is 6.72. The lowest BCUT2D eigenvalue weighted by molar-refractivity contribution is -0.134. The number of unbranched alkanes of at least 4 members (excludes halogenated alkanes) is 2. The molecular weight excluding hydrogens is 258 g/mol. The number of alkyl halides is 1. The molecule has 0 saturated carbocycles. The van der Waals surface area contributed by atoms with Crippen molar-refractivity contribution in [2.75, 3.05) is 32.1 Å². The van der Waals surface area contributed by atoms with Crippen molar-refractivity contribution in [1.82, 2.24) is 4.90 Å². The maximum absolute atomic E-state index is 11.5. The molecule has 0 radical (unpaired) electrons. The van der Waals surface area contributed by atoms with Crippen LogP contribution in [0.1, 0.15) is 32.6 Å². The molecule has 0 N–H and O–H groups in total. The molecule has 4 heteroatoms. The summed E-state index contributed by atoms with van der Waals surface area (Å²) in [5.74, 6) is 0.0855. The molecule has 0 bridgehead atoms. The first-order valence-electron chi connectivity index (χ1n) is 5.60. The molecule has 3 nitrogen and oxygen atoms in total. The van der Waals surface area contributed by atoms with Crippen LogP contribution < -0.4 is 0 Å². The monoisotopic (exact) mass is 279 g/mol. The summed E-state index contributed by atoms with van der Waals surface area (Å²) >= 11 is 3.39. The number of hydrogen-bond acceptors (Lipinski definition) is 2. The lowest BCUT2D eigenvalue weighted by atomic mass is 10.2. The van der Waals surface area contributed by atoms with Crippen molar-refractivity contribution >= 4 is 21.8 Å². The summed E-state index contributed by atoms with van der Waals surface area (Å²) in [6.45, 7) is 3.77. The van der Waals surface area contributed by atoms with E-state index in [1.54, 1.807) is 4.90 Å². The molecule has 0 aromatic rings.